The van der Waals surface area contributed by atoms with Crippen molar-refractivity contribution in [3.05, 3.63) is 71.8 Å². The molecule has 0 spiro atoms. The van der Waals surface area contributed by atoms with E-state index in [2.05, 4.69) is 21.0 Å². The number of rotatable bonds is 5. The van der Waals surface area contributed by atoms with Crippen molar-refractivity contribution in [1.29, 1.82) is 0 Å². The highest BCUT2D eigenvalue weighted by Gasteiger charge is 2.53. The van der Waals surface area contributed by atoms with Crippen molar-refractivity contribution in [2.45, 2.75) is 5.54 Å². The molecule has 1 N–H and O–H groups in total. The Morgan fingerprint density at radius 1 is 0.862 bits per heavy atom. The summed E-state index contributed by atoms with van der Waals surface area (Å²) >= 11 is 0. The maximum Gasteiger partial charge on any atom is 0.326 e. The van der Waals surface area contributed by atoms with Gasteiger partial charge in [0.1, 0.15) is 0 Å². The number of hydrogen-bond donors (Lipinski definition) is 1. The first-order valence-corrected chi connectivity index (χ1v) is 9.78. The minimum absolute atomic E-state index is 0.244. The monoisotopic (exact) mass is 388 g/mol. The van der Waals surface area contributed by atoms with Gasteiger partial charge in [0.2, 0.25) is 0 Å². The van der Waals surface area contributed by atoms with Gasteiger partial charge in [0.05, 0.1) is 13.2 Å². The van der Waals surface area contributed by atoms with Crippen LogP contribution in [0.3, 0.4) is 0 Å². The quantitative estimate of drug-likeness (QED) is 0.626. The lowest BCUT2D eigenvalue weighted by molar-refractivity contribution is -0.132. The van der Waals surface area contributed by atoms with Crippen molar-refractivity contribution in [2.24, 2.45) is 0 Å². The number of carbonyl (C=O) groups excluding carboxylic acids is 2. The fourth-order valence-corrected chi connectivity index (χ4v) is 4.06. The van der Waals surface area contributed by atoms with Gasteiger partial charge in [-0.05, 0) is 11.1 Å². The molecule has 0 aliphatic carbocycles. The Hall–Kier alpha value is -3.14. The summed E-state index contributed by atoms with van der Waals surface area (Å²) < 4.78 is 0. The molecule has 0 aromatic heterocycles. The molecule has 6 heteroatoms. The Balaban J connectivity index is 1.60. The van der Waals surface area contributed by atoms with Crippen LogP contribution in [0.4, 0.5) is 4.79 Å². The van der Waals surface area contributed by atoms with Gasteiger partial charge >= 0.3 is 6.03 Å². The summed E-state index contributed by atoms with van der Waals surface area (Å²) in [7, 11) is 0. The molecule has 6 nitrogen and oxygen atoms in total. The molecule has 0 saturated carbocycles. The highest BCUT2D eigenvalue weighted by atomic mass is 16.2. The third-order valence-electron chi connectivity index (χ3n) is 5.64. The van der Waals surface area contributed by atoms with Crippen LogP contribution >= 0.6 is 0 Å². The van der Waals surface area contributed by atoms with Crippen LogP contribution in [0.5, 0.6) is 0 Å². The summed E-state index contributed by atoms with van der Waals surface area (Å²) in [5.41, 5.74) is 0.307. The Labute approximate surface area is 171 Å². The summed E-state index contributed by atoms with van der Waals surface area (Å²) in [5, 5.41) is 2.99. The first-order chi connectivity index (χ1) is 14.1. The fourth-order valence-electron chi connectivity index (χ4n) is 4.06. The third kappa shape index (κ3) is 3.51. The highest BCUT2D eigenvalue weighted by Crippen LogP contribution is 2.36. The van der Waals surface area contributed by atoms with Gasteiger partial charge in [-0.1, -0.05) is 66.6 Å². The number of hydrogen-bond acceptors (Lipinski definition) is 4. The predicted molar refractivity (Wildman–Crippen MR) is 111 cm³/mol. The first-order valence-electron chi connectivity index (χ1n) is 9.78. The fraction of sp³-hybridized carbons (Fsp3) is 0.304. The minimum atomic E-state index is -1.20. The lowest BCUT2D eigenvalue weighted by atomic mass is 9.83. The van der Waals surface area contributed by atoms with Gasteiger partial charge in [0.25, 0.3) is 5.91 Å². The number of piperazine rings is 1. The van der Waals surface area contributed by atoms with E-state index < -0.39 is 5.54 Å². The average molecular weight is 388 g/mol. The van der Waals surface area contributed by atoms with Crippen molar-refractivity contribution in [1.82, 2.24) is 20.0 Å². The normalized spacial score (nSPS) is 19.8. The molecule has 2 aromatic carbocycles. The molecule has 2 aliphatic rings. The minimum Gasteiger partial charge on any atom is -0.315 e. The van der Waals surface area contributed by atoms with E-state index in [-0.39, 0.29) is 18.6 Å². The maximum absolute atomic E-state index is 13.7. The number of nitrogens with one attached hydrogen (secondary N) is 1. The van der Waals surface area contributed by atoms with Gasteiger partial charge < -0.3 is 5.32 Å². The van der Waals surface area contributed by atoms with Gasteiger partial charge in [-0.2, -0.15) is 0 Å². The zero-order chi connectivity index (χ0) is 20.3. The molecule has 0 radical (unpaired) electrons. The van der Waals surface area contributed by atoms with Crippen molar-refractivity contribution in [3.63, 3.8) is 0 Å². The first kappa shape index (κ1) is 19.2. The average Bonchev–Trinajstić information content (AvgIpc) is 3.02. The lowest BCUT2D eigenvalue weighted by Gasteiger charge is -2.35. The van der Waals surface area contributed by atoms with E-state index in [1.807, 2.05) is 60.7 Å². The van der Waals surface area contributed by atoms with Gasteiger partial charge in [-0.15, -0.1) is 6.42 Å². The van der Waals surface area contributed by atoms with E-state index in [9.17, 15) is 9.59 Å². The van der Waals surface area contributed by atoms with Gasteiger partial charge in [-0.25, -0.2) is 9.69 Å². The number of carbonyl (C=O) groups is 2. The third-order valence-corrected chi connectivity index (χ3v) is 5.64. The van der Waals surface area contributed by atoms with E-state index in [0.717, 1.165) is 37.3 Å². The van der Waals surface area contributed by atoms with Crippen molar-refractivity contribution >= 4 is 11.9 Å². The molecule has 0 unspecified atom stereocenters. The van der Waals surface area contributed by atoms with Crippen molar-refractivity contribution in [3.8, 4) is 12.3 Å². The number of terminal acetylenes is 1. The van der Waals surface area contributed by atoms with Crippen LogP contribution in [0.1, 0.15) is 11.1 Å². The number of amides is 3. The number of nitrogens with zero attached hydrogens (tertiary/aromatic N) is 3. The molecule has 2 aromatic rings. The van der Waals surface area contributed by atoms with E-state index >= 15 is 0 Å². The molecular formula is C23H24N4O2. The molecule has 2 fully saturated rings. The molecular weight excluding hydrogens is 364 g/mol. The Bertz CT molecular complexity index is 875. The zero-order valence-electron chi connectivity index (χ0n) is 16.3. The second-order valence-electron chi connectivity index (χ2n) is 7.39. The van der Waals surface area contributed by atoms with E-state index in [1.165, 1.54) is 4.90 Å². The number of urea groups is 1. The SMILES string of the molecule is C#CCN1CCN(CN2C(=O)NC(c3ccccc3)(c3ccccc3)C2=O)CC1. The molecule has 148 valence electrons. The largest absolute Gasteiger partial charge is 0.326 e. The van der Waals surface area contributed by atoms with Crippen LogP contribution in [-0.4, -0.2) is 66.0 Å². The second kappa shape index (κ2) is 8.08. The molecule has 4 rings (SSSR count). The van der Waals surface area contributed by atoms with Gasteiger partial charge in [-0.3, -0.25) is 14.6 Å². The summed E-state index contributed by atoms with van der Waals surface area (Å²) in [4.78, 5) is 32.2. The number of imide groups is 1. The Morgan fingerprint density at radius 2 is 1.38 bits per heavy atom. The highest BCUT2D eigenvalue weighted by molar-refractivity contribution is 6.09. The van der Waals surface area contributed by atoms with Crippen LogP contribution in [0.2, 0.25) is 0 Å². The molecule has 3 amide bonds. The predicted octanol–water partition coefficient (Wildman–Crippen LogP) is 1.69. The second-order valence-corrected chi connectivity index (χ2v) is 7.39. The zero-order valence-corrected chi connectivity index (χ0v) is 16.3. The van der Waals surface area contributed by atoms with E-state index in [1.54, 1.807) is 0 Å². The van der Waals surface area contributed by atoms with Crippen molar-refractivity contribution in [2.75, 3.05) is 39.4 Å². The van der Waals surface area contributed by atoms with Crippen LogP contribution in [0.25, 0.3) is 0 Å². The molecule has 2 saturated heterocycles. The lowest BCUT2D eigenvalue weighted by Crippen LogP contribution is -2.51. The van der Waals surface area contributed by atoms with Crippen LogP contribution in [0.15, 0.2) is 60.7 Å². The van der Waals surface area contributed by atoms with Crippen molar-refractivity contribution < 1.29 is 9.59 Å². The summed E-state index contributed by atoms with van der Waals surface area (Å²) in [6, 6.07) is 18.5. The van der Waals surface area contributed by atoms with Crippen LogP contribution in [0, 0.1) is 12.3 Å². The topological polar surface area (TPSA) is 55.9 Å². The standard InChI is InChI=1S/C23H24N4O2/c1-2-13-25-14-16-26(17-15-25)18-27-21(28)23(24-22(27)29,19-9-5-3-6-10-19)20-11-7-4-8-12-20/h1,3-12H,13-18H2,(H,24,29). The van der Waals surface area contributed by atoms with Gasteiger partial charge in [0, 0.05) is 26.2 Å². The molecule has 2 aliphatic heterocycles. The summed E-state index contributed by atoms with van der Waals surface area (Å²) in [5.74, 6) is 2.42. The molecule has 2 heterocycles. The van der Waals surface area contributed by atoms with Crippen LogP contribution < -0.4 is 5.32 Å². The Morgan fingerprint density at radius 3 is 1.90 bits per heavy atom. The van der Waals surface area contributed by atoms with E-state index in [4.69, 9.17) is 6.42 Å². The molecule has 0 atom stereocenters. The Kier molecular flexibility index (Phi) is 5.34. The maximum atomic E-state index is 13.7. The number of benzene rings is 2. The summed E-state index contributed by atoms with van der Waals surface area (Å²) in [6.07, 6.45) is 5.39. The summed E-state index contributed by atoms with van der Waals surface area (Å²) in [6.45, 7) is 4.09. The molecule has 29 heavy (non-hydrogen) atoms. The van der Waals surface area contributed by atoms with E-state index in [0.29, 0.717) is 6.54 Å². The van der Waals surface area contributed by atoms with Gasteiger partial charge in [0.15, 0.2) is 5.54 Å². The van der Waals surface area contributed by atoms with Crippen LogP contribution in [-0.2, 0) is 10.3 Å². The molecule has 0 bridgehead atoms. The smallest absolute Gasteiger partial charge is 0.315 e.